The van der Waals surface area contributed by atoms with Gasteiger partial charge in [-0.05, 0) is 31.2 Å². The second-order valence-electron chi connectivity index (χ2n) is 5.59. The van der Waals surface area contributed by atoms with Crippen LogP contribution in [-0.2, 0) is 16.1 Å². The fourth-order valence-electron chi connectivity index (χ4n) is 2.09. The number of nitrogens with zero attached hydrogens (tertiary/aromatic N) is 1. The third kappa shape index (κ3) is 9.28. The number of carbonyl (C=O) groups is 2. The fourth-order valence-corrected chi connectivity index (χ4v) is 2.43. The highest BCUT2D eigenvalue weighted by molar-refractivity contribution is 6.42. The van der Waals surface area contributed by atoms with Gasteiger partial charge in [0.2, 0.25) is 0 Å². The fraction of sp³-hybridized carbons (Fsp3) is 0.263. The zero-order valence-corrected chi connectivity index (χ0v) is 16.3. The van der Waals surface area contributed by atoms with E-state index in [9.17, 15) is 0 Å². The summed E-state index contributed by atoms with van der Waals surface area (Å²) in [5, 5.41) is 15.8. The minimum Gasteiger partial charge on any atom is -0.492 e. The lowest BCUT2D eigenvalue weighted by Crippen LogP contribution is -2.20. The highest BCUT2D eigenvalue weighted by atomic mass is 35.5. The minimum absolute atomic E-state index is 0.483. The summed E-state index contributed by atoms with van der Waals surface area (Å²) in [6, 6.07) is 15.9. The Bertz CT molecular complexity index is 728. The average Bonchev–Trinajstić information content (AvgIpc) is 2.63. The van der Waals surface area contributed by atoms with Crippen molar-refractivity contribution in [2.75, 3.05) is 20.2 Å². The van der Waals surface area contributed by atoms with E-state index in [1.807, 2.05) is 18.2 Å². The Balaban J connectivity index is 0.000000527. The molecule has 0 atom stereocenters. The van der Waals surface area contributed by atoms with Gasteiger partial charge in [0.1, 0.15) is 10.8 Å². The number of ether oxygens (including phenoxy) is 1. The second kappa shape index (κ2) is 12.2. The van der Waals surface area contributed by atoms with Gasteiger partial charge in [-0.3, -0.25) is 0 Å². The first-order valence-electron chi connectivity index (χ1n) is 8.06. The first-order chi connectivity index (χ1) is 12.8. The Morgan fingerprint density at radius 3 is 2.22 bits per heavy atom. The molecule has 0 aromatic heterocycles. The molecule has 0 aliphatic rings. The van der Waals surface area contributed by atoms with Gasteiger partial charge in [-0.2, -0.15) is 0 Å². The van der Waals surface area contributed by atoms with Crippen molar-refractivity contribution < 1.29 is 24.5 Å². The van der Waals surface area contributed by atoms with Crippen molar-refractivity contribution in [3.8, 4) is 5.75 Å². The van der Waals surface area contributed by atoms with Gasteiger partial charge in [0.05, 0.1) is 11.6 Å². The number of rotatable bonds is 7. The highest BCUT2D eigenvalue weighted by Gasteiger charge is 2.06. The van der Waals surface area contributed by atoms with Gasteiger partial charge in [0.25, 0.3) is 0 Å². The van der Waals surface area contributed by atoms with Gasteiger partial charge in [-0.15, -0.1) is 0 Å². The number of hydrogen-bond acceptors (Lipinski definition) is 4. The Morgan fingerprint density at radius 1 is 1.00 bits per heavy atom. The maximum Gasteiger partial charge on any atom is 0.414 e. The summed E-state index contributed by atoms with van der Waals surface area (Å²) in [6.45, 7) is 2.53. The zero-order valence-electron chi connectivity index (χ0n) is 14.8. The molecular weight excluding hydrogens is 393 g/mol. The molecule has 0 amide bonds. The molecule has 2 N–H and O–H groups in total. The number of carboxylic acids is 2. The topological polar surface area (TPSA) is 87.1 Å². The quantitative estimate of drug-likeness (QED) is 0.525. The monoisotopic (exact) mass is 413 g/mol. The van der Waals surface area contributed by atoms with Crippen molar-refractivity contribution in [3.05, 3.63) is 64.1 Å². The summed E-state index contributed by atoms with van der Waals surface area (Å²) in [4.78, 5) is 20.5. The van der Waals surface area contributed by atoms with Crippen LogP contribution in [-0.4, -0.2) is 47.3 Å². The van der Waals surface area contributed by atoms with Crippen LogP contribution in [0.4, 0.5) is 0 Å². The predicted octanol–water partition coefficient (Wildman–Crippen LogP) is 4.05. The van der Waals surface area contributed by atoms with E-state index in [1.165, 1.54) is 5.56 Å². The molecule has 0 aliphatic heterocycles. The molecule has 0 radical (unpaired) electrons. The summed E-state index contributed by atoms with van der Waals surface area (Å²) in [6.07, 6.45) is 0.937. The van der Waals surface area contributed by atoms with Crippen LogP contribution in [0.2, 0.25) is 10.0 Å². The van der Waals surface area contributed by atoms with E-state index in [4.69, 9.17) is 47.7 Å². The second-order valence-corrected chi connectivity index (χ2v) is 6.37. The maximum atomic E-state index is 9.10. The molecule has 2 aromatic carbocycles. The van der Waals surface area contributed by atoms with E-state index in [1.54, 1.807) is 6.07 Å². The van der Waals surface area contributed by atoms with Crippen molar-refractivity contribution in [2.24, 2.45) is 0 Å². The van der Waals surface area contributed by atoms with Crippen LogP contribution >= 0.6 is 23.2 Å². The Hall–Kier alpha value is -2.28. The number of aliphatic carboxylic acids is 2. The molecule has 0 saturated heterocycles. The van der Waals surface area contributed by atoms with Crippen LogP contribution in [0.3, 0.4) is 0 Å². The molecule has 146 valence electrons. The molecule has 0 bridgehead atoms. The molecule has 0 unspecified atom stereocenters. The first kappa shape index (κ1) is 22.8. The van der Waals surface area contributed by atoms with E-state index in [0.717, 1.165) is 19.5 Å². The summed E-state index contributed by atoms with van der Waals surface area (Å²) >= 11 is 12.0. The summed E-state index contributed by atoms with van der Waals surface area (Å²) in [5.41, 5.74) is 1.32. The highest BCUT2D eigenvalue weighted by Crippen LogP contribution is 2.31. The molecule has 6 nitrogen and oxygen atoms in total. The molecule has 2 aromatic rings. The van der Waals surface area contributed by atoms with E-state index >= 15 is 0 Å². The SMILES string of the molecule is CN(CCCOc1cccc(Cl)c1Cl)Cc1ccccc1.O=C(O)C(=O)O. The first-order valence-corrected chi connectivity index (χ1v) is 8.82. The number of benzene rings is 2. The van der Waals surface area contributed by atoms with Crippen molar-refractivity contribution >= 4 is 35.1 Å². The minimum atomic E-state index is -1.82. The van der Waals surface area contributed by atoms with Crippen molar-refractivity contribution in [1.82, 2.24) is 4.90 Å². The lowest BCUT2D eigenvalue weighted by molar-refractivity contribution is -0.159. The van der Waals surface area contributed by atoms with Crippen molar-refractivity contribution in [1.29, 1.82) is 0 Å². The number of halogens is 2. The number of hydrogen-bond donors (Lipinski definition) is 2. The Kier molecular flexibility index (Phi) is 10.3. The molecule has 0 fully saturated rings. The van der Waals surface area contributed by atoms with Gasteiger partial charge >= 0.3 is 11.9 Å². The molecule has 0 heterocycles. The predicted molar refractivity (Wildman–Crippen MR) is 105 cm³/mol. The summed E-state index contributed by atoms with van der Waals surface area (Å²) in [7, 11) is 2.11. The lowest BCUT2D eigenvalue weighted by atomic mass is 10.2. The van der Waals surface area contributed by atoms with Gasteiger partial charge in [0.15, 0.2) is 0 Å². The average molecular weight is 414 g/mol. The van der Waals surface area contributed by atoms with Gasteiger partial charge in [-0.1, -0.05) is 59.6 Å². The number of carboxylic acid groups (broad SMARTS) is 2. The largest absolute Gasteiger partial charge is 0.492 e. The molecule has 0 saturated carbocycles. The van der Waals surface area contributed by atoms with Crippen LogP contribution in [0.5, 0.6) is 5.75 Å². The van der Waals surface area contributed by atoms with Crippen molar-refractivity contribution in [3.63, 3.8) is 0 Å². The van der Waals surface area contributed by atoms with Crippen LogP contribution in [0.1, 0.15) is 12.0 Å². The zero-order chi connectivity index (χ0) is 20.2. The van der Waals surface area contributed by atoms with E-state index in [-0.39, 0.29) is 0 Å². The standard InChI is InChI=1S/C17H19Cl2NO.C2H2O4/c1-20(13-14-7-3-2-4-8-14)11-6-12-21-16-10-5-9-15(18)17(16)19;3-1(4)2(5)6/h2-5,7-10H,6,11-13H2,1H3;(H,3,4)(H,5,6). The summed E-state index contributed by atoms with van der Waals surface area (Å²) < 4.78 is 5.68. The van der Waals surface area contributed by atoms with Crippen LogP contribution in [0.25, 0.3) is 0 Å². The Labute approximate surface area is 167 Å². The Morgan fingerprint density at radius 2 is 1.63 bits per heavy atom. The molecule has 0 aliphatic carbocycles. The lowest BCUT2D eigenvalue weighted by Gasteiger charge is -2.17. The van der Waals surface area contributed by atoms with Crippen molar-refractivity contribution in [2.45, 2.75) is 13.0 Å². The van der Waals surface area contributed by atoms with Crippen LogP contribution in [0, 0.1) is 0 Å². The van der Waals surface area contributed by atoms with Gasteiger partial charge in [0, 0.05) is 13.1 Å². The smallest absolute Gasteiger partial charge is 0.414 e. The van der Waals surface area contributed by atoms with Crippen LogP contribution < -0.4 is 4.74 Å². The van der Waals surface area contributed by atoms with E-state index in [0.29, 0.717) is 22.4 Å². The third-order valence-electron chi connectivity index (χ3n) is 3.34. The summed E-state index contributed by atoms with van der Waals surface area (Å²) in [5.74, 6) is -3.00. The normalized spacial score (nSPS) is 10.1. The third-order valence-corrected chi connectivity index (χ3v) is 4.14. The molecule has 27 heavy (non-hydrogen) atoms. The molecule has 2 rings (SSSR count). The van der Waals surface area contributed by atoms with Gasteiger partial charge in [-0.25, -0.2) is 9.59 Å². The molecule has 8 heteroatoms. The molecular formula is C19H21Cl2NO5. The maximum absolute atomic E-state index is 9.10. The van der Waals surface area contributed by atoms with Crippen LogP contribution in [0.15, 0.2) is 48.5 Å². The van der Waals surface area contributed by atoms with E-state index < -0.39 is 11.9 Å². The van der Waals surface area contributed by atoms with Gasteiger partial charge < -0.3 is 19.8 Å². The van der Waals surface area contributed by atoms with E-state index in [2.05, 4.69) is 36.2 Å². The molecule has 0 spiro atoms.